The molecule has 0 aromatic rings. The van der Waals surface area contributed by atoms with E-state index in [9.17, 15) is 0 Å². The second-order valence-electron chi connectivity index (χ2n) is 3.45. The summed E-state index contributed by atoms with van der Waals surface area (Å²) in [6.07, 6.45) is 11.8. The van der Waals surface area contributed by atoms with Crippen molar-refractivity contribution >= 4 is 22.6 Å². The van der Waals surface area contributed by atoms with Crippen LogP contribution in [0.5, 0.6) is 0 Å². The van der Waals surface area contributed by atoms with E-state index in [-0.39, 0.29) is 0 Å². The number of allylic oxidation sites excluding steroid dienone is 2. The topological polar surface area (TPSA) is 0 Å². The first kappa shape index (κ1) is 13.2. The monoisotopic (exact) mass is 292 g/mol. The van der Waals surface area contributed by atoms with Crippen LogP contribution in [-0.2, 0) is 0 Å². The minimum atomic E-state index is 0.796. The van der Waals surface area contributed by atoms with Crippen LogP contribution in [0.15, 0.2) is 25.3 Å². The largest absolute Gasteiger partial charge is 0.103 e. The molecule has 1 heteroatoms. The third-order valence-electron chi connectivity index (χ3n) is 2.25. The third kappa shape index (κ3) is 8.54. The summed E-state index contributed by atoms with van der Waals surface area (Å²) in [6, 6.07) is 0. The molecule has 0 radical (unpaired) electrons. The third-order valence-corrected chi connectivity index (χ3v) is 3.01. The van der Waals surface area contributed by atoms with Crippen LogP contribution in [0.2, 0.25) is 0 Å². The maximum Gasteiger partial charge on any atom is -0.000473 e. The van der Waals surface area contributed by atoms with E-state index in [1.807, 2.05) is 12.2 Å². The number of unbranched alkanes of at least 4 members (excludes halogenated alkanes) is 2. The Morgan fingerprint density at radius 1 is 1.00 bits per heavy atom. The standard InChI is InChI=1S/C12H21I/c1-3-8-12(9-4-2)10-6-5-7-11-13/h3-4,12H,1-2,5-11H2. The fraction of sp³-hybridized carbons (Fsp3) is 0.667. The van der Waals surface area contributed by atoms with Crippen LogP contribution in [0.1, 0.15) is 38.5 Å². The zero-order chi connectivity index (χ0) is 9.94. The lowest BCUT2D eigenvalue weighted by atomic mass is 9.95. The zero-order valence-corrected chi connectivity index (χ0v) is 10.6. The molecule has 0 amide bonds. The Morgan fingerprint density at radius 2 is 1.62 bits per heavy atom. The number of rotatable bonds is 9. The van der Waals surface area contributed by atoms with Gasteiger partial charge in [0.2, 0.25) is 0 Å². The normalized spacial score (nSPS) is 10.3. The Morgan fingerprint density at radius 3 is 2.08 bits per heavy atom. The summed E-state index contributed by atoms with van der Waals surface area (Å²) >= 11 is 2.45. The fourth-order valence-electron chi connectivity index (χ4n) is 1.51. The first-order valence-electron chi connectivity index (χ1n) is 5.12. The second-order valence-corrected chi connectivity index (χ2v) is 4.53. The highest BCUT2D eigenvalue weighted by atomic mass is 127. The van der Waals surface area contributed by atoms with Crippen molar-refractivity contribution in [2.75, 3.05) is 4.43 Å². The van der Waals surface area contributed by atoms with Crippen LogP contribution in [0.3, 0.4) is 0 Å². The Kier molecular flexibility index (Phi) is 10.5. The molecule has 0 bridgehead atoms. The van der Waals surface area contributed by atoms with Crippen molar-refractivity contribution in [3.8, 4) is 0 Å². The summed E-state index contributed by atoms with van der Waals surface area (Å²) in [4.78, 5) is 0. The number of halogens is 1. The molecular formula is C12H21I. The minimum Gasteiger partial charge on any atom is -0.103 e. The molecule has 0 saturated heterocycles. The van der Waals surface area contributed by atoms with Crippen molar-refractivity contribution in [1.29, 1.82) is 0 Å². The highest BCUT2D eigenvalue weighted by molar-refractivity contribution is 14.1. The van der Waals surface area contributed by atoms with Crippen molar-refractivity contribution in [3.63, 3.8) is 0 Å². The van der Waals surface area contributed by atoms with Crippen molar-refractivity contribution in [3.05, 3.63) is 25.3 Å². The molecule has 0 aliphatic heterocycles. The molecule has 0 heterocycles. The predicted octanol–water partition coefficient (Wildman–Crippen LogP) is 4.75. The first-order chi connectivity index (χ1) is 6.35. The lowest BCUT2D eigenvalue weighted by Gasteiger charge is -2.11. The molecule has 13 heavy (non-hydrogen) atoms. The van der Waals surface area contributed by atoms with Gasteiger partial charge in [-0.1, -0.05) is 47.6 Å². The fourth-order valence-corrected chi connectivity index (χ4v) is 2.05. The maximum atomic E-state index is 3.79. The molecule has 76 valence electrons. The van der Waals surface area contributed by atoms with E-state index in [1.165, 1.54) is 30.1 Å². The van der Waals surface area contributed by atoms with Gasteiger partial charge in [0.1, 0.15) is 0 Å². The minimum absolute atomic E-state index is 0.796. The average molecular weight is 292 g/mol. The van der Waals surface area contributed by atoms with Gasteiger partial charge in [-0.05, 0) is 36.0 Å². The van der Waals surface area contributed by atoms with E-state index in [0.29, 0.717) is 0 Å². The van der Waals surface area contributed by atoms with Gasteiger partial charge in [0.15, 0.2) is 0 Å². The van der Waals surface area contributed by atoms with Gasteiger partial charge in [0.25, 0.3) is 0 Å². The quantitative estimate of drug-likeness (QED) is 0.249. The Hall–Kier alpha value is 0.210. The molecule has 0 unspecified atom stereocenters. The highest BCUT2D eigenvalue weighted by Gasteiger charge is 2.03. The lowest BCUT2D eigenvalue weighted by Crippen LogP contribution is -1.97. The molecule has 0 aliphatic carbocycles. The molecule has 0 fully saturated rings. The van der Waals surface area contributed by atoms with Gasteiger partial charge in [0.05, 0.1) is 0 Å². The molecule has 0 aromatic carbocycles. The van der Waals surface area contributed by atoms with Gasteiger partial charge in [-0.3, -0.25) is 0 Å². The smallest absolute Gasteiger partial charge is 0.000473 e. The SMILES string of the molecule is C=CCC(CC=C)CCCCCI. The van der Waals surface area contributed by atoms with Crippen molar-refractivity contribution in [2.45, 2.75) is 38.5 Å². The number of hydrogen-bond acceptors (Lipinski definition) is 0. The van der Waals surface area contributed by atoms with Gasteiger partial charge < -0.3 is 0 Å². The Labute approximate surface area is 96.6 Å². The maximum absolute atomic E-state index is 3.79. The van der Waals surface area contributed by atoms with Gasteiger partial charge in [-0.15, -0.1) is 13.2 Å². The van der Waals surface area contributed by atoms with Crippen molar-refractivity contribution in [2.24, 2.45) is 5.92 Å². The summed E-state index contributed by atoms with van der Waals surface area (Å²) in [6.45, 7) is 7.58. The van der Waals surface area contributed by atoms with E-state index >= 15 is 0 Å². The van der Waals surface area contributed by atoms with E-state index in [4.69, 9.17) is 0 Å². The van der Waals surface area contributed by atoms with Crippen molar-refractivity contribution in [1.82, 2.24) is 0 Å². The number of hydrogen-bond donors (Lipinski definition) is 0. The second kappa shape index (κ2) is 10.3. The summed E-state index contributed by atoms with van der Waals surface area (Å²) in [5, 5.41) is 0. The van der Waals surface area contributed by atoms with Crippen LogP contribution in [0, 0.1) is 5.92 Å². The molecule has 0 aliphatic rings. The molecule has 0 nitrogen and oxygen atoms in total. The first-order valence-corrected chi connectivity index (χ1v) is 6.65. The molecule has 0 atom stereocenters. The summed E-state index contributed by atoms with van der Waals surface area (Å²) in [5.41, 5.74) is 0. The van der Waals surface area contributed by atoms with Gasteiger partial charge in [-0.25, -0.2) is 0 Å². The van der Waals surface area contributed by atoms with Crippen LogP contribution in [-0.4, -0.2) is 4.43 Å². The number of alkyl halides is 1. The zero-order valence-electron chi connectivity index (χ0n) is 8.47. The average Bonchev–Trinajstić information content (AvgIpc) is 2.13. The summed E-state index contributed by atoms with van der Waals surface area (Å²) in [5.74, 6) is 0.796. The lowest BCUT2D eigenvalue weighted by molar-refractivity contribution is 0.468. The van der Waals surface area contributed by atoms with Gasteiger partial charge in [0, 0.05) is 0 Å². The molecule has 0 saturated carbocycles. The molecule has 0 spiro atoms. The Balaban J connectivity index is 3.43. The van der Waals surface area contributed by atoms with E-state index < -0.39 is 0 Å². The van der Waals surface area contributed by atoms with Crippen LogP contribution < -0.4 is 0 Å². The van der Waals surface area contributed by atoms with Crippen LogP contribution in [0.25, 0.3) is 0 Å². The highest BCUT2D eigenvalue weighted by Crippen LogP contribution is 2.18. The Bertz CT molecular complexity index is 119. The summed E-state index contributed by atoms with van der Waals surface area (Å²) < 4.78 is 1.30. The predicted molar refractivity (Wildman–Crippen MR) is 70.5 cm³/mol. The van der Waals surface area contributed by atoms with Gasteiger partial charge >= 0.3 is 0 Å². The molecular weight excluding hydrogens is 271 g/mol. The van der Waals surface area contributed by atoms with E-state index in [0.717, 1.165) is 18.8 Å². The van der Waals surface area contributed by atoms with Gasteiger partial charge in [-0.2, -0.15) is 0 Å². The van der Waals surface area contributed by atoms with E-state index in [2.05, 4.69) is 35.7 Å². The summed E-state index contributed by atoms with van der Waals surface area (Å²) in [7, 11) is 0. The molecule has 0 aromatic heterocycles. The molecule has 0 N–H and O–H groups in total. The van der Waals surface area contributed by atoms with E-state index in [1.54, 1.807) is 0 Å². The molecule has 0 rings (SSSR count). The van der Waals surface area contributed by atoms with Crippen LogP contribution >= 0.6 is 22.6 Å². The van der Waals surface area contributed by atoms with Crippen molar-refractivity contribution < 1.29 is 0 Å². The van der Waals surface area contributed by atoms with Crippen LogP contribution in [0.4, 0.5) is 0 Å².